The van der Waals surface area contributed by atoms with Gasteiger partial charge in [0.1, 0.15) is 5.60 Å². The zero-order chi connectivity index (χ0) is 24.6. The van der Waals surface area contributed by atoms with E-state index in [-0.39, 0.29) is 12.0 Å². The maximum absolute atomic E-state index is 13.1. The number of rotatable bonds is 3. The molecule has 0 saturated heterocycles. The molecule has 2 aliphatic rings. The van der Waals surface area contributed by atoms with E-state index in [2.05, 4.69) is 10.6 Å². The number of carbonyl (C=O) groups is 2. The molecule has 35 heavy (non-hydrogen) atoms. The Labute approximate surface area is 205 Å². The summed E-state index contributed by atoms with van der Waals surface area (Å²) in [5, 5.41) is 6.59. The Hall–Kier alpha value is -4.06. The van der Waals surface area contributed by atoms with E-state index in [1.54, 1.807) is 4.90 Å². The fraction of sp³-hybridized carbons (Fsp3) is 0.241. The molecule has 0 aromatic heterocycles. The van der Waals surface area contributed by atoms with E-state index in [1.165, 1.54) is 0 Å². The zero-order valence-electron chi connectivity index (χ0n) is 20.2. The number of nitrogens with zero attached hydrogens (tertiary/aromatic N) is 1. The fourth-order valence-electron chi connectivity index (χ4n) is 4.59. The van der Waals surface area contributed by atoms with E-state index in [0.717, 1.165) is 39.3 Å². The lowest BCUT2D eigenvalue weighted by atomic mass is 9.96. The molecule has 2 amide bonds. The van der Waals surface area contributed by atoms with Gasteiger partial charge in [-0.2, -0.15) is 0 Å². The Morgan fingerprint density at radius 1 is 0.971 bits per heavy atom. The SMILES string of the molecule is CC(C)(C)OC(=O)N1CCc2c(cccc2N/C(=C2\C(=O)Nc3ccccc32)c2ccccc2)C1. The predicted molar refractivity (Wildman–Crippen MR) is 139 cm³/mol. The number of anilines is 2. The standard InChI is InChI=1S/C29H29N3O3/c1-29(2,3)35-28(34)32-17-16-21-20(18-32)12-9-15-23(21)30-26(19-10-5-4-6-11-19)25-22-13-7-8-14-24(22)31-27(25)33/h4-15,30H,16-18H2,1-3H3,(H,31,33)/b26-25-. The highest BCUT2D eigenvalue weighted by Crippen LogP contribution is 2.38. The summed E-state index contributed by atoms with van der Waals surface area (Å²) in [6, 6.07) is 23.7. The minimum Gasteiger partial charge on any atom is -0.444 e. The van der Waals surface area contributed by atoms with Gasteiger partial charge in [-0.05, 0) is 56.0 Å². The summed E-state index contributed by atoms with van der Waals surface area (Å²) in [6.07, 6.45) is 0.394. The van der Waals surface area contributed by atoms with Crippen LogP contribution < -0.4 is 10.6 Å². The minimum absolute atomic E-state index is 0.126. The van der Waals surface area contributed by atoms with Crippen LogP contribution in [0.25, 0.3) is 11.3 Å². The molecule has 2 N–H and O–H groups in total. The van der Waals surface area contributed by atoms with Gasteiger partial charge >= 0.3 is 6.09 Å². The van der Waals surface area contributed by atoms with E-state index >= 15 is 0 Å². The average Bonchev–Trinajstić information content (AvgIpc) is 3.17. The summed E-state index contributed by atoms with van der Waals surface area (Å²) >= 11 is 0. The van der Waals surface area contributed by atoms with Crippen LogP contribution in [0.2, 0.25) is 0 Å². The molecule has 178 valence electrons. The molecule has 2 aliphatic heterocycles. The zero-order valence-corrected chi connectivity index (χ0v) is 20.2. The molecule has 6 heteroatoms. The molecule has 5 rings (SSSR count). The van der Waals surface area contributed by atoms with Gasteiger partial charge in [0.15, 0.2) is 0 Å². The normalized spacial score (nSPS) is 16.2. The first-order valence-electron chi connectivity index (χ1n) is 11.9. The number of carbonyl (C=O) groups excluding carboxylic acids is 2. The lowest BCUT2D eigenvalue weighted by molar-refractivity contribution is -0.110. The molecular weight excluding hydrogens is 438 g/mol. The largest absolute Gasteiger partial charge is 0.444 e. The van der Waals surface area contributed by atoms with Gasteiger partial charge in [-0.25, -0.2) is 4.79 Å². The quantitative estimate of drug-likeness (QED) is 0.470. The molecule has 3 aromatic carbocycles. The highest BCUT2D eigenvalue weighted by molar-refractivity contribution is 6.37. The number of ether oxygens (including phenoxy) is 1. The summed E-state index contributed by atoms with van der Waals surface area (Å²) in [5.41, 5.74) is 6.62. The van der Waals surface area contributed by atoms with Crippen LogP contribution in [-0.4, -0.2) is 29.0 Å². The van der Waals surface area contributed by atoms with Gasteiger partial charge in [-0.15, -0.1) is 0 Å². The highest BCUT2D eigenvalue weighted by atomic mass is 16.6. The third kappa shape index (κ3) is 4.64. The lowest BCUT2D eigenvalue weighted by Gasteiger charge is -2.32. The van der Waals surface area contributed by atoms with Crippen molar-refractivity contribution in [1.29, 1.82) is 0 Å². The Kier molecular flexibility index (Phi) is 5.81. The van der Waals surface area contributed by atoms with Gasteiger partial charge in [0, 0.05) is 30.0 Å². The number of hydrogen-bond donors (Lipinski definition) is 2. The Bertz CT molecular complexity index is 1320. The molecule has 0 atom stereocenters. The molecule has 0 fully saturated rings. The Morgan fingerprint density at radius 2 is 1.71 bits per heavy atom. The van der Waals surface area contributed by atoms with Crippen molar-refractivity contribution >= 4 is 34.6 Å². The summed E-state index contributed by atoms with van der Waals surface area (Å²) in [7, 11) is 0. The van der Waals surface area contributed by atoms with Gasteiger partial charge in [-0.3, -0.25) is 4.79 Å². The molecule has 0 saturated carbocycles. The average molecular weight is 468 g/mol. The van der Waals surface area contributed by atoms with Gasteiger partial charge < -0.3 is 20.3 Å². The van der Waals surface area contributed by atoms with E-state index in [1.807, 2.05) is 93.6 Å². The maximum Gasteiger partial charge on any atom is 0.410 e. The second-order valence-electron chi connectivity index (χ2n) is 9.84. The third-order valence-electron chi connectivity index (χ3n) is 6.16. The third-order valence-corrected chi connectivity index (χ3v) is 6.16. The molecule has 0 unspecified atom stereocenters. The van der Waals surface area contributed by atoms with E-state index in [4.69, 9.17) is 4.74 Å². The second-order valence-corrected chi connectivity index (χ2v) is 9.84. The van der Waals surface area contributed by atoms with Crippen LogP contribution in [0.3, 0.4) is 0 Å². The molecule has 0 bridgehead atoms. The van der Waals surface area contributed by atoms with Crippen LogP contribution >= 0.6 is 0 Å². The maximum atomic E-state index is 13.1. The molecule has 6 nitrogen and oxygen atoms in total. The van der Waals surface area contributed by atoms with E-state index < -0.39 is 5.60 Å². The van der Waals surface area contributed by atoms with Crippen LogP contribution in [0.15, 0.2) is 72.8 Å². The number of amides is 2. The molecular formula is C29H29N3O3. The number of nitrogens with one attached hydrogen (secondary N) is 2. The Balaban J connectivity index is 1.52. The summed E-state index contributed by atoms with van der Waals surface area (Å²) in [4.78, 5) is 27.5. The Morgan fingerprint density at radius 3 is 2.49 bits per heavy atom. The number of para-hydroxylation sites is 1. The first kappa shape index (κ1) is 22.7. The van der Waals surface area contributed by atoms with Crippen molar-refractivity contribution in [3.63, 3.8) is 0 Å². The first-order valence-corrected chi connectivity index (χ1v) is 11.9. The molecule has 0 spiro atoms. The number of benzene rings is 3. The van der Waals surface area contributed by atoms with Crippen molar-refractivity contribution in [1.82, 2.24) is 4.90 Å². The van der Waals surface area contributed by atoms with E-state index in [9.17, 15) is 9.59 Å². The van der Waals surface area contributed by atoms with Crippen LogP contribution in [-0.2, 0) is 22.5 Å². The van der Waals surface area contributed by atoms with Gasteiger partial charge in [-0.1, -0.05) is 60.7 Å². The van der Waals surface area contributed by atoms with Gasteiger partial charge in [0.05, 0.1) is 11.3 Å². The lowest BCUT2D eigenvalue weighted by Crippen LogP contribution is -2.40. The fourth-order valence-corrected chi connectivity index (χ4v) is 4.59. The molecule has 0 radical (unpaired) electrons. The van der Waals surface area contributed by atoms with Crippen molar-refractivity contribution in [3.8, 4) is 0 Å². The topological polar surface area (TPSA) is 70.7 Å². The van der Waals surface area contributed by atoms with Crippen molar-refractivity contribution < 1.29 is 14.3 Å². The minimum atomic E-state index is -0.532. The smallest absolute Gasteiger partial charge is 0.410 e. The van der Waals surface area contributed by atoms with Crippen LogP contribution in [0.5, 0.6) is 0 Å². The van der Waals surface area contributed by atoms with E-state index in [0.29, 0.717) is 25.1 Å². The number of fused-ring (bicyclic) bond motifs is 2. The summed E-state index contributed by atoms with van der Waals surface area (Å²) < 4.78 is 5.58. The van der Waals surface area contributed by atoms with Crippen LogP contribution in [0, 0.1) is 0 Å². The van der Waals surface area contributed by atoms with Crippen molar-refractivity contribution in [2.45, 2.75) is 39.3 Å². The number of hydrogen-bond acceptors (Lipinski definition) is 4. The molecule has 0 aliphatic carbocycles. The van der Waals surface area contributed by atoms with Crippen LogP contribution in [0.1, 0.15) is 43.0 Å². The molecule has 3 aromatic rings. The highest BCUT2D eigenvalue weighted by Gasteiger charge is 2.30. The summed E-state index contributed by atoms with van der Waals surface area (Å²) in [5.74, 6) is -0.126. The molecule has 2 heterocycles. The van der Waals surface area contributed by atoms with Crippen molar-refractivity contribution in [3.05, 3.63) is 95.1 Å². The predicted octanol–water partition coefficient (Wildman–Crippen LogP) is 5.91. The van der Waals surface area contributed by atoms with Crippen LogP contribution in [0.4, 0.5) is 16.2 Å². The first-order chi connectivity index (χ1) is 16.8. The van der Waals surface area contributed by atoms with Gasteiger partial charge in [0.25, 0.3) is 5.91 Å². The van der Waals surface area contributed by atoms with Crippen molar-refractivity contribution in [2.24, 2.45) is 0 Å². The monoisotopic (exact) mass is 467 g/mol. The van der Waals surface area contributed by atoms with Crippen molar-refractivity contribution in [2.75, 3.05) is 17.2 Å². The second kappa shape index (κ2) is 8.95. The summed E-state index contributed by atoms with van der Waals surface area (Å²) in [6.45, 7) is 6.68. The van der Waals surface area contributed by atoms with Gasteiger partial charge in [0.2, 0.25) is 0 Å².